The molecule has 1 aromatic heterocycles. The van der Waals surface area contributed by atoms with Crippen molar-refractivity contribution in [1.29, 1.82) is 0 Å². The molecular weight excluding hydrogens is 391 g/mol. The molecular formula is C18H14Cl2N4O3. The Labute approximate surface area is 163 Å². The Morgan fingerprint density at radius 1 is 1.11 bits per heavy atom. The van der Waals surface area contributed by atoms with Crippen molar-refractivity contribution < 1.29 is 9.59 Å². The third-order valence-corrected chi connectivity index (χ3v) is 4.47. The number of nitrogens with two attached hydrogens (primary N) is 1. The maximum atomic E-state index is 12.5. The summed E-state index contributed by atoms with van der Waals surface area (Å²) in [6.45, 7) is -0.213. The molecule has 0 bridgehead atoms. The van der Waals surface area contributed by atoms with Crippen molar-refractivity contribution in [3.63, 3.8) is 0 Å². The molecule has 3 aromatic rings. The molecule has 27 heavy (non-hydrogen) atoms. The number of aromatic nitrogens is 2. The van der Waals surface area contributed by atoms with E-state index < -0.39 is 17.4 Å². The number of nitrogens with zero attached hydrogens (tertiary/aromatic N) is 2. The van der Waals surface area contributed by atoms with E-state index in [1.54, 1.807) is 42.5 Å². The smallest absolute Gasteiger partial charge is 0.275 e. The summed E-state index contributed by atoms with van der Waals surface area (Å²) in [4.78, 5) is 36.4. The molecule has 0 aliphatic heterocycles. The highest BCUT2D eigenvalue weighted by molar-refractivity contribution is 6.35. The summed E-state index contributed by atoms with van der Waals surface area (Å²) in [6.07, 6.45) is 0. The molecule has 7 nitrogen and oxygen atoms in total. The average molecular weight is 405 g/mol. The van der Waals surface area contributed by atoms with Crippen molar-refractivity contribution >= 4 is 45.8 Å². The van der Waals surface area contributed by atoms with E-state index in [4.69, 9.17) is 28.9 Å². The van der Waals surface area contributed by atoms with Crippen LogP contribution >= 0.6 is 23.2 Å². The first-order valence-corrected chi connectivity index (χ1v) is 8.62. The Morgan fingerprint density at radius 2 is 1.81 bits per heavy atom. The molecule has 0 aliphatic rings. The fourth-order valence-electron chi connectivity index (χ4n) is 2.58. The highest BCUT2D eigenvalue weighted by atomic mass is 35.5. The molecule has 0 fully saturated rings. The van der Waals surface area contributed by atoms with Crippen LogP contribution in [0.3, 0.4) is 0 Å². The number of nitrogens with one attached hydrogen (secondary N) is 1. The zero-order valence-electron chi connectivity index (χ0n) is 13.9. The molecule has 9 heteroatoms. The molecule has 0 spiro atoms. The van der Waals surface area contributed by atoms with Crippen LogP contribution in [0.5, 0.6) is 0 Å². The Morgan fingerprint density at radius 3 is 2.48 bits per heavy atom. The monoisotopic (exact) mass is 404 g/mol. The summed E-state index contributed by atoms with van der Waals surface area (Å²) < 4.78 is 0.918. The van der Waals surface area contributed by atoms with E-state index in [0.29, 0.717) is 21.0 Å². The molecule has 3 N–H and O–H groups in total. The Balaban J connectivity index is 1.83. The largest absolute Gasteiger partial charge is 0.364 e. The highest BCUT2D eigenvalue weighted by Crippen LogP contribution is 2.20. The lowest BCUT2D eigenvalue weighted by Crippen LogP contribution is -2.35. The number of amides is 2. The van der Waals surface area contributed by atoms with Gasteiger partial charge >= 0.3 is 0 Å². The first kappa shape index (κ1) is 18.9. The zero-order valence-corrected chi connectivity index (χ0v) is 15.4. The van der Waals surface area contributed by atoms with Crippen molar-refractivity contribution in [1.82, 2.24) is 15.1 Å². The summed E-state index contributed by atoms with van der Waals surface area (Å²) in [7, 11) is 0. The first-order valence-electron chi connectivity index (χ1n) is 7.87. The van der Waals surface area contributed by atoms with Crippen LogP contribution in [-0.2, 0) is 17.9 Å². The lowest BCUT2D eigenvalue weighted by molar-refractivity contribution is -0.122. The first-order chi connectivity index (χ1) is 12.9. The third kappa shape index (κ3) is 4.10. The van der Waals surface area contributed by atoms with Crippen LogP contribution in [0.4, 0.5) is 0 Å². The van der Waals surface area contributed by atoms with Crippen LogP contribution < -0.4 is 16.6 Å². The number of hydrogen-bond acceptors (Lipinski definition) is 4. The number of benzene rings is 2. The van der Waals surface area contributed by atoms with E-state index in [2.05, 4.69) is 10.4 Å². The van der Waals surface area contributed by atoms with Gasteiger partial charge in [0.05, 0.1) is 5.39 Å². The summed E-state index contributed by atoms with van der Waals surface area (Å²) in [5.74, 6) is -1.25. The van der Waals surface area contributed by atoms with Crippen molar-refractivity contribution in [2.24, 2.45) is 5.73 Å². The molecule has 0 atom stereocenters. The maximum Gasteiger partial charge on any atom is 0.275 e. The standard InChI is InChI=1S/C18H14Cl2N4O3/c19-11-6-5-10(14(20)7-11)8-22-15(25)9-24-18(27)13-4-2-1-3-12(13)16(23-24)17(21)26/h1-7H,8-9H2,(H2,21,26)(H,22,25). The molecule has 138 valence electrons. The van der Waals surface area contributed by atoms with Gasteiger partial charge in [-0.15, -0.1) is 0 Å². The predicted octanol–water partition coefficient (Wildman–Crippen LogP) is 2.12. The molecule has 0 aliphatic carbocycles. The molecule has 3 rings (SSSR count). The van der Waals surface area contributed by atoms with Crippen molar-refractivity contribution in [3.05, 3.63) is 74.1 Å². The average Bonchev–Trinajstić information content (AvgIpc) is 2.63. The third-order valence-electron chi connectivity index (χ3n) is 3.89. The van der Waals surface area contributed by atoms with E-state index in [1.165, 1.54) is 0 Å². The van der Waals surface area contributed by atoms with Gasteiger partial charge in [0.1, 0.15) is 6.54 Å². The highest BCUT2D eigenvalue weighted by Gasteiger charge is 2.16. The normalized spacial score (nSPS) is 10.7. The molecule has 2 amide bonds. The number of fused-ring (bicyclic) bond motifs is 1. The van der Waals surface area contributed by atoms with Gasteiger partial charge in [0, 0.05) is 22.0 Å². The quantitative estimate of drug-likeness (QED) is 0.678. The maximum absolute atomic E-state index is 12.5. The van der Waals surface area contributed by atoms with E-state index >= 15 is 0 Å². The van der Waals surface area contributed by atoms with E-state index in [-0.39, 0.29) is 24.2 Å². The van der Waals surface area contributed by atoms with Crippen LogP contribution in [0.1, 0.15) is 16.1 Å². The minimum atomic E-state index is -0.784. The van der Waals surface area contributed by atoms with E-state index in [0.717, 1.165) is 4.68 Å². The molecule has 0 saturated carbocycles. The molecule has 0 radical (unpaired) electrons. The summed E-state index contributed by atoms with van der Waals surface area (Å²) >= 11 is 11.9. The van der Waals surface area contributed by atoms with Gasteiger partial charge in [0.15, 0.2) is 5.69 Å². The summed E-state index contributed by atoms with van der Waals surface area (Å²) in [5, 5.41) is 8.11. The van der Waals surface area contributed by atoms with Gasteiger partial charge in [-0.2, -0.15) is 5.10 Å². The lowest BCUT2D eigenvalue weighted by Gasteiger charge is -2.10. The second-order valence-corrected chi connectivity index (χ2v) is 6.58. The fourth-order valence-corrected chi connectivity index (χ4v) is 3.05. The number of halogens is 2. The van der Waals surface area contributed by atoms with Crippen LogP contribution in [0, 0.1) is 0 Å². The van der Waals surface area contributed by atoms with Crippen molar-refractivity contribution in [2.45, 2.75) is 13.1 Å². The van der Waals surface area contributed by atoms with Crippen molar-refractivity contribution in [2.75, 3.05) is 0 Å². The van der Waals surface area contributed by atoms with Gasteiger partial charge in [-0.25, -0.2) is 4.68 Å². The molecule has 0 saturated heterocycles. The SMILES string of the molecule is NC(=O)c1nn(CC(=O)NCc2ccc(Cl)cc2Cl)c(=O)c2ccccc12. The number of carbonyl (C=O) groups is 2. The number of rotatable bonds is 5. The van der Waals surface area contributed by atoms with Crippen LogP contribution in [0.25, 0.3) is 10.8 Å². The van der Waals surface area contributed by atoms with Gasteiger partial charge in [0.25, 0.3) is 11.5 Å². The predicted molar refractivity (Wildman–Crippen MR) is 103 cm³/mol. The Kier molecular flexibility index (Phi) is 5.43. The van der Waals surface area contributed by atoms with Gasteiger partial charge in [-0.1, -0.05) is 47.5 Å². The second kappa shape index (κ2) is 7.77. The fraction of sp³-hybridized carbons (Fsp3) is 0.111. The lowest BCUT2D eigenvalue weighted by atomic mass is 10.1. The van der Waals surface area contributed by atoms with Crippen LogP contribution in [0.15, 0.2) is 47.3 Å². The zero-order chi connectivity index (χ0) is 19.6. The number of primary amides is 1. The minimum Gasteiger partial charge on any atom is -0.364 e. The van der Waals surface area contributed by atoms with Gasteiger partial charge < -0.3 is 11.1 Å². The van der Waals surface area contributed by atoms with E-state index in [1.807, 2.05) is 0 Å². The number of carbonyl (C=O) groups excluding carboxylic acids is 2. The van der Waals surface area contributed by atoms with Crippen molar-refractivity contribution in [3.8, 4) is 0 Å². The topological polar surface area (TPSA) is 107 Å². The summed E-state index contributed by atoms with van der Waals surface area (Å²) in [6, 6.07) is 11.4. The Hall–Kier alpha value is -2.90. The van der Waals surface area contributed by atoms with Crippen LogP contribution in [-0.4, -0.2) is 21.6 Å². The van der Waals surface area contributed by atoms with Gasteiger partial charge in [-0.3, -0.25) is 14.4 Å². The second-order valence-electron chi connectivity index (χ2n) is 5.73. The Bertz CT molecular complexity index is 1110. The minimum absolute atomic E-state index is 0.0706. The summed E-state index contributed by atoms with van der Waals surface area (Å²) in [5.41, 5.74) is 5.46. The van der Waals surface area contributed by atoms with E-state index in [9.17, 15) is 14.4 Å². The molecule has 1 heterocycles. The number of hydrogen-bond donors (Lipinski definition) is 2. The molecule has 2 aromatic carbocycles. The van der Waals surface area contributed by atoms with Crippen LogP contribution in [0.2, 0.25) is 10.0 Å². The van der Waals surface area contributed by atoms with Gasteiger partial charge in [0.2, 0.25) is 5.91 Å². The molecule has 0 unspecified atom stereocenters. The van der Waals surface area contributed by atoms with Gasteiger partial charge in [-0.05, 0) is 23.8 Å².